The van der Waals surface area contributed by atoms with Gasteiger partial charge in [0, 0.05) is 11.1 Å². The summed E-state index contributed by atoms with van der Waals surface area (Å²) in [5.74, 6) is 0.237. The molecule has 0 saturated heterocycles. The van der Waals surface area contributed by atoms with Gasteiger partial charge in [0.25, 0.3) is 0 Å². The van der Waals surface area contributed by atoms with Crippen LogP contribution in [0.25, 0.3) is 0 Å². The van der Waals surface area contributed by atoms with Crippen LogP contribution < -0.4 is 0 Å². The van der Waals surface area contributed by atoms with E-state index in [2.05, 4.69) is 53.7 Å². The molecule has 84 valence electrons. The first-order chi connectivity index (χ1) is 6.64. The summed E-state index contributed by atoms with van der Waals surface area (Å²) in [5.41, 5.74) is 1.86. The normalized spacial score (nSPS) is 18.7. The van der Waals surface area contributed by atoms with Gasteiger partial charge in [-0.1, -0.05) is 53.7 Å². The average Bonchev–Trinajstić information content (AvgIpc) is 1.99. The topological polar surface area (TPSA) is 17.1 Å². The predicted octanol–water partition coefficient (Wildman–Crippen LogP) is 3.90. The van der Waals surface area contributed by atoms with Crippen LogP contribution in [0.2, 0.25) is 0 Å². The van der Waals surface area contributed by atoms with E-state index in [1.807, 2.05) is 0 Å². The summed E-state index contributed by atoms with van der Waals surface area (Å²) in [4.78, 5) is 12.3. The van der Waals surface area contributed by atoms with E-state index in [-0.39, 0.29) is 16.6 Å². The molecule has 0 saturated carbocycles. The number of rotatable bonds is 0. The van der Waals surface area contributed by atoms with Crippen LogP contribution in [0.3, 0.4) is 0 Å². The molecule has 0 fully saturated rings. The molecule has 1 rings (SSSR count). The highest BCUT2D eigenvalue weighted by molar-refractivity contribution is 6.10. The van der Waals surface area contributed by atoms with Crippen LogP contribution in [0.15, 0.2) is 23.3 Å². The molecule has 1 nitrogen and oxygen atoms in total. The van der Waals surface area contributed by atoms with Crippen LogP contribution in [-0.4, -0.2) is 5.78 Å². The van der Waals surface area contributed by atoms with Crippen molar-refractivity contribution in [3.8, 4) is 0 Å². The number of hydrogen-bond donors (Lipinski definition) is 0. The Morgan fingerprint density at radius 3 is 1.47 bits per heavy atom. The lowest BCUT2D eigenvalue weighted by Gasteiger charge is -2.30. The summed E-state index contributed by atoms with van der Waals surface area (Å²) in [6.45, 7) is 12.6. The van der Waals surface area contributed by atoms with Gasteiger partial charge in [0.15, 0.2) is 5.78 Å². The molecular formula is C14H22O. The van der Waals surface area contributed by atoms with Gasteiger partial charge in [-0.25, -0.2) is 0 Å². The Morgan fingerprint density at radius 2 is 1.20 bits per heavy atom. The van der Waals surface area contributed by atoms with E-state index in [0.717, 1.165) is 17.6 Å². The van der Waals surface area contributed by atoms with Gasteiger partial charge in [-0.05, 0) is 17.3 Å². The highest BCUT2D eigenvalue weighted by Gasteiger charge is 2.32. The van der Waals surface area contributed by atoms with Crippen molar-refractivity contribution in [3.63, 3.8) is 0 Å². The number of hydrogen-bond acceptors (Lipinski definition) is 1. The maximum absolute atomic E-state index is 12.3. The molecule has 15 heavy (non-hydrogen) atoms. The summed E-state index contributed by atoms with van der Waals surface area (Å²) in [5, 5.41) is 0. The van der Waals surface area contributed by atoms with Gasteiger partial charge >= 0.3 is 0 Å². The summed E-state index contributed by atoms with van der Waals surface area (Å²) in [6, 6.07) is 0. The summed E-state index contributed by atoms with van der Waals surface area (Å²) in [7, 11) is 0. The second-order valence-corrected chi connectivity index (χ2v) is 6.30. The van der Waals surface area contributed by atoms with Crippen molar-refractivity contribution in [2.75, 3.05) is 0 Å². The van der Waals surface area contributed by atoms with Gasteiger partial charge in [0.05, 0.1) is 0 Å². The number of Topliss-reactive ketones (excluding diaryl/α,β-unsaturated/α-hetero) is 1. The highest BCUT2D eigenvalue weighted by atomic mass is 16.1. The number of carbonyl (C=O) groups is 1. The second kappa shape index (κ2) is 3.62. The van der Waals surface area contributed by atoms with Gasteiger partial charge in [-0.3, -0.25) is 4.79 Å². The first kappa shape index (κ1) is 12.2. The Hall–Kier alpha value is -0.850. The summed E-state index contributed by atoms with van der Waals surface area (Å²) < 4.78 is 0. The standard InChI is InChI=1S/C14H22O/c1-13(2,3)10-8-7-9-11(12(10)15)14(4,5)6/h8-9H,7H2,1-6H3. The molecule has 1 heteroatoms. The molecular weight excluding hydrogens is 184 g/mol. The molecule has 0 bridgehead atoms. The van der Waals surface area contributed by atoms with Crippen molar-refractivity contribution in [1.82, 2.24) is 0 Å². The molecule has 0 aromatic rings. The first-order valence-corrected chi connectivity index (χ1v) is 5.60. The van der Waals surface area contributed by atoms with Gasteiger partial charge in [0.2, 0.25) is 0 Å². The fraction of sp³-hybridized carbons (Fsp3) is 0.643. The molecule has 0 aromatic heterocycles. The van der Waals surface area contributed by atoms with Crippen molar-refractivity contribution in [2.24, 2.45) is 10.8 Å². The highest BCUT2D eigenvalue weighted by Crippen LogP contribution is 2.37. The third-order valence-corrected chi connectivity index (χ3v) is 2.75. The molecule has 1 aliphatic rings. The minimum Gasteiger partial charge on any atom is -0.289 e. The van der Waals surface area contributed by atoms with Crippen molar-refractivity contribution in [2.45, 2.75) is 48.0 Å². The molecule has 0 spiro atoms. The smallest absolute Gasteiger partial charge is 0.185 e. The summed E-state index contributed by atoms with van der Waals surface area (Å²) in [6.07, 6.45) is 5.03. The van der Waals surface area contributed by atoms with Gasteiger partial charge < -0.3 is 0 Å². The van der Waals surface area contributed by atoms with Crippen LogP contribution in [0.5, 0.6) is 0 Å². The average molecular weight is 206 g/mol. The van der Waals surface area contributed by atoms with E-state index >= 15 is 0 Å². The van der Waals surface area contributed by atoms with Crippen molar-refractivity contribution < 1.29 is 4.79 Å². The minimum absolute atomic E-state index is 0.0398. The lowest BCUT2D eigenvalue weighted by Crippen LogP contribution is -2.27. The Morgan fingerprint density at radius 1 is 0.867 bits per heavy atom. The monoisotopic (exact) mass is 206 g/mol. The lowest BCUT2D eigenvalue weighted by atomic mass is 9.73. The molecule has 0 radical (unpaired) electrons. The van der Waals surface area contributed by atoms with E-state index in [1.54, 1.807) is 0 Å². The Balaban J connectivity index is 3.05. The maximum Gasteiger partial charge on any atom is 0.185 e. The third kappa shape index (κ3) is 2.58. The maximum atomic E-state index is 12.3. The Bertz CT molecular complexity index is 297. The van der Waals surface area contributed by atoms with Gasteiger partial charge in [-0.2, -0.15) is 0 Å². The predicted molar refractivity (Wildman–Crippen MR) is 64.7 cm³/mol. The fourth-order valence-corrected chi connectivity index (χ4v) is 1.92. The minimum atomic E-state index is -0.0398. The quantitative estimate of drug-likeness (QED) is 0.587. The van der Waals surface area contributed by atoms with Crippen LogP contribution in [0.4, 0.5) is 0 Å². The number of carbonyl (C=O) groups excluding carboxylic acids is 1. The van der Waals surface area contributed by atoms with Crippen molar-refractivity contribution in [3.05, 3.63) is 23.3 Å². The SMILES string of the molecule is CC(C)(C)C1=CCC=C(C(C)(C)C)C1=O. The van der Waals surface area contributed by atoms with Gasteiger partial charge in [-0.15, -0.1) is 0 Å². The zero-order chi connectivity index (χ0) is 11.9. The third-order valence-electron chi connectivity index (χ3n) is 2.75. The van der Waals surface area contributed by atoms with Crippen LogP contribution in [0.1, 0.15) is 48.0 Å². The molecule has 0 atom stereocenters. The molecule has 0 aromatic carbocycles. The second-order valence-electron chi connectivity index (χ2n) is 6.30. The number of allylic oxidation sites excluding steroid dienone is 4. The molecule has 0 heterocycles. The number of ketones is 1. The molecule has 0 unspecified atom stereocenters. The largest absolute Gasteiger partial charge is 0.289 e. The molecule has 0 amide bonds. The molecule has 0 N–H and O–H groups in total. The van der Waals surface area contributed by atoms with E-state index in [0.29, 0.717) is 0 Å². The van der Waals surface area contributed by atoms with E-state index in [4.69, 9.17) is 0 Å². The zero-order valence-electron chi connectivity index (χ0n) is 10.8. The lowest BCUT2D eigenvalue weighted by molar-refractivity contribution is -0.114. The van der Waals surface area contributed by atoms with Crippen LogP contribution in [-0.2, 0) is 4.79 Å². The van der Waals surface area contributed by atoms with E-state index < -0.39 is 0 Å². The Labute approximate surface area is 93.3 Å². The van der Waals surface area contributed by atoms with E-state index in [9.17, 15) is 4.79 Å². The van der Waals surface area contributed by atoms with Crippen LogP contribution in [0, 0.1) is 10.8 Å². The first-order valence-electron chi connectivity index (χ1n) is 5.60. The summed E-state index contributed by atoms with van der Waals surface area (Å²) >= 11 is 0. The van der Waals surface area contributed by atoms with Crippen molar-refractivity contribution in [1.29, 1.82) is 0 Å². The zero-order valence-corrected chi connectivity index (χ0v) is 10.8. The van der Waals surface area contributed by atoms with Crippen LogP contribution >= 0.6 is 0 Å². The van der Waals surface area contributed by atoms with Gasteiger partial charge in [0.1, 0.15) is 0 Å². The molecule has 0 aliphatic heterocycles. The molecule has 1 aliphatic carbocycles. The van der Waals surface area contributed by atoms with Crippen molar-refractivity contribution >= 4 is 5.78 Å². The fourth-order valence-electron chi connectivity index (χ4n) is 1.92. The van der Waals surface area contributed by atoms with E-state index in [1.165, 1.54) is 0 Å². The Kier molecular flexibility index (Phi) is 2.95.